The van der Waals surface area contributed by atoms with Crippen LogP contribution in [-0.2, 0) is 13.7 Å². The average molecular weight is 485 g/mol. The first-order chi connectivity index (χ1) is 12.4. The van der Waals surface area contributed by atoms with Gasteiger partial charge in [-0.3, -0.25) is 9.48 Å². The molecule has 0 fully saturated rings. The summed E-state index contributed by atoms with van der Waals surface area (Å²) in [7, 11) is 1.61. The maximum Gasteiger partial charge on any atom is 0.259 e. The van der Waals surface area contributed by atoms with Crippen LogP contribution in [0, 0.1) is 5.82 Å². The molecule has 4 nitrogen and oxygen atoms in total. The van der Waals surface area contributed by atoms with E-state index in [1.165, 1.54) is 29.1 Å². The topological polar surface area (TPSA) is 46.9 Å². The standard InChI is InChI=1S/C18H13Br2F2N3O/c1-25-9-13(17(8-21)24-25)18(26)23-16-5-3-11(22)7-12(16)10-2-4-14(19)15(20)6-10/h2-7,9H,8H2,1H3,(H,23,26). The number of benzene rings is 2. The zero-order valence-corrected chi connectivity index (χ0v) is 16.7. The minimum Gasteiger partial charge on any atom is -0.321 e. The Hall–Kier alpha value is -2.06. The van der Waals surface area contributed by atoms with Crippen molar-refractivity contribution < 1.29 is 13.6 Å². The molecule has 134 valence electrons. The van der Waals surface area contributed by atoms with Gasteiger partial charge in [-0.2, -0.15) is 5.10 Å². The Kier molecular flexibility index (Phi) is 5.52. The lowest BCUT2D eigenvalue weighted by atomic mass is 10.0. The van der Waals surface area contributed by atoms with E-state index in [-0.39, 0.29) is 11.3 Å². The number of carbonyl (C=O) groups is 1. The number of anilines is 1. The zero-order chi connectivity index (χ0) is 18.8. The Morgan fingerprint density at radius 1 is 1.19 bits per heavy atom. The molecule has 1 heterocycles. The lowest BCUT2D eigenvalue weighted by Crippen LogP contribution is -2.13. The van der Waals surface area contributed by atoms with E-state index < -0.39 is 18.4 Å². The fourth-order valence-electron chi connectivity index (χ4n) is 2.54. The molecule has 0 aliphatic heterocycles. The molecule has 0 radical (unpaired) electrons. The fourth-order valence-corrected chi connectivity index (χ4v) is 3.17. The van der Waals surface area contributed by atoms with E-state index in [0.717, 1.165) is 8.95 Å². The molecule has 2 aromatic carbocycles. The molecule has 0 unspecified atom stereocenters. The molecule has 1 amide bonds. The second kappa shape index (κ2) is 7.67. The lowest BCUT2D eigenvalue weighted by Gasteiger charge is -2.12. The van der Waals surface area contributed by atoms with E-state index in [4.69, 9.17) is 0 Å². The largest absolute Gasteiger partial charge is 0.321 e. The zero-order valence-electron chi connectivity index (χ0n) is 13.6. The van der Waals surface area contributed by atoms with E-state index in [1.807, 2.05) is 12.1 Å². The quantitative estimate of drug-likeness (QED) is 0.533. The summed E-state index contributed by atoms with van der Waals surface area (Å²) in [5.41, 5.74) is 1.84. The van der Waals surface area contributed by atoms with Gasteiger partial charge in [0.25, 0.3) is 5.91 Å². The Morgan fingerprint density at radius 2 is 1.96 bits per heavy atom. The number of rotatable bonds is 4. The predicted octanol–water partition coefficient (Wildman–Crippen LogP) is 5.47. The monoisotopic (exact) mass is 483 g/mol. The highest BCUT2D eigenvalue weighted by Gasteiger charge is 2.18. The number of carbonyl (C=O) groups excluding carboxylic acids is 1. The third-order valence-electron chi connectivity index (χ3n) is 3.74. The number of amides is 1. The van der Waals surface area contributed by atoms with Crippen LogP contribution in [-0.4, -0.2) is 15.7 Å². The number of nitrogens with zero attached hydrogens (tertiary/aromatic N) is 2. The van der Waals surface area contributed by atoms with Gasteiger partial charge in [0.15, 0.2) is 0 Å². The first-order valence-corrected chi connectivity index (χ1v) is 9.12. The van der Waals surface area contributed by atoms with Gasteiger partial charge >= 0.3 is 0 Å². The molecule has 3 aromatic rings. The van der Waals surface area contributed by atoms with Crippen molar-refractivity contribution in [2.24, 2.45) is 7.05 Å². The first kappa shape index (κ1) is 18.7. The number of halogens is 4. The highest BCUT2D eigenvalue weighted by Crippen LogP contribution is 2.34. The van der Waals surface area contributed by atoms with Crippen LogP contribution in [0.3, 0.4) is 0 Å². The van der Waals surface area contributed by atoms with Gasteiger partial charge in [0.05, 0.1) is 5.56 Å². The average Bonchev–Trinajstić information content (AvgIpc) is 3.00. The summed E-state index contributed by atoms with van der Waals surface area (Å²) >= 11 is 6.80. The van der Waals surface area contributed by atoms with Crippen LogP contribution in [0.4, 0.5) is 14.5 Å². The maximum atomic E-state index is 13.8. The molecule has 8 heteroatoms. The van der Waals surface area contributed by atoms with Crippen LogP contribution >= 0.6 is 31.9 Å². The number of alkyl halides is 1. The Balaban J connectivity index is 2.00. The summed E-state index contributed by atoms with van der Waals surface area (Å²) < 4.78 is 29.9. The maximum absolute atomic E-state index is 13.8. The lowest BCUT2D eigenvalue weighted by molar-refractivity contribution is 0.102. The van der Waals surface area contributed by atoms with Crippen molar-refractivity contribution in [2.75, 3.05) is 5.32 Å². The summed E-state index contributed by atoms with van der Waals surface area (Å²) in [6.07, 6.45) is 1.45. The molecule has 0 spiro atoms. The van der Waals surface area contributed by atoms with Gasteiger partial charge in [-0.1, -0.05) is 6.07 Å². The van der Waals surface area contributed by atoms with Gasteiger partial charge < -0.3 is 5.32 Å². The number of aromatic nitrogens is 2. The van der Waals surface area contributed by atoms with Crippen molar-refractivity contribution in [1.82, 2.24) is 9.78 Å². The summed E-state index contributed by atoms with van der Waals surface area (Å²) in [5.74, 6) is -0.933. The van der Waals surface area contributed by atoms with E-state index >= 15 is 0 Å². The molecule has 3 rings (SSSR count). The van der Waals surface area contributed by atoms with Gasteiger partial charge in [-0.15, -0.1) is 0 Å². The molecule has 0 atom stereocenters. The van der Waals surface area contributed by atoms with E-state index in [1.54, 1.807) is 13.1 Å². The summed E-state index contributed by atoms with van der Waals surface area (Å²) in [6, 6.07) is 9.50. The predicted molar refractivity (Wildman–Crippen MR) is 103 cm³/mol. The van der Waals surface area contributed by atoms with Crippen molar-refractivity contribution in [3.8, 4) is 11.1 Å². The third-order valence-corrected chi connectivity index (χ3v) is 5.62. The molecular formula is C18H13Br2F2N3O. The van der Waals surface area contributed by atoms with Gasteiger partial charge in [-0.05, 0) is 67.8 Å². The molecule has 1 aromatic heterocycles. The SMILES string of the molecule is Cn1cc(C(=O)Nc2ccc(F)cc2-c2ccc(Br)c(Br)c2)c(CF)n1. The smallest absolute Gasteiger partial charge is 0.259 e. The van der Waals surface area contributed by atoms with Crippen LogP contribution in [0.1, 0.15) is 16.1 Å². The first-order valence-electron chi connectivity index (χ1n) is 7.54. The summed E-state index contributed by atoms with van der Waals surface area (Å²) in [4.78, 5) is 12.6. The fraction of sp³-hybridized carbons (Fsp3) is 0.111. The summed E-state index contributed by atoms with van der Waals surface area (Å²) in [6.45, 7) is -0.848. The van der Waals surface area contributed by atoms with Crippen LogP contribution in [0.15, 0.2) is 51.5 Å². The van der Waals surface area contributed by atoms with Gasteiger partial charge in [0.2, 0.25) is 0 Å². The Morgan fingerprint density at radius 3 is 2.65 bits per heavy atom. The number of hydrogen-bond donors (Lipinski definition) is 1. The normalized spacial score (nSPS) is 10.8. The second-order valence-electron chi connectivity index (χ2n) is 5.57. The molecule has 0 saturated heterocycles. The van der Waals surface area contributed by atoms with Gasteiger partial charge in [0, 0.05) is 33.4 Å². The highest BCUT2D eigenvalue weighted by atomic mass is 79.9. The van der Waals surface area contributed by atoms with E-state index in [2.05, 4.69) is 42.3 Å². The Bertz CT molecular complexity index is 989. The van der Waals surface area contributed by atoms with E-state index in [9.17, 15) is 13.6 Å². The van der Waals surface area contributed by atoms with Crippen LogP contribution < -0.4 is 5.32 Å². The molecule has 0 bridgehead atoms. The molecule has 0 aliphatic rings. The van der Waals surface area contributed by atoms with Crippen molar-refractivity contribution in [2.45, 2.75) is 6.67 Å². The van der Waals surface area contributed by atoms with Gasteiger partial charge in [0.1, 0.15) is 18.2 Å². The number of hydrogen-bond acceptors (Lipinski definition) is 2. The number of aryl methyl sites for hydroxylation is 1. The van der Waals surface area contributed by atoms with Crippen molar-refractivity contribution >= 4 is 43.5 Å². The minimum atomic E-state index is -0.848. The van der Waals surface area contributed by atoms with Crippen LogP contribution in [0.5, 0.6) is 0 Å². The molecule has 26 heavy (non-hydrogen) atoms. The minimum absolute atomic E-state index is 0.0556. The van der Waals surface area contributed by atoms with Crippen LogP contribution in [0.25, 0.3) is 11.1 Å². The van der Waals surface area contributed by atoms with Crippen LogP contribution in [0.2, 0.25) is 0 Å². The third kappa shape index (κ3) is 3.86. The molecule has 0 saturated carbocycles. The van der Waals surface area contributed by atoms with Crippen molar-refractivity contribution in [1.29, 1.82) is 0 Å². The van der Waals surface area contributed by atoms with Crippen molar-refractivity contribution in [3.05, 3.63) is 68.6 Å². The molecule has 0 aliphatic carbocycles. The summed E-state index contributed by atoms with van der Waals surface area (Å²) in [5, 5.41) is 6.64. The molecule has 1 N–H and O–H groups in total. The highest BCUT2D eigenvalue weighted by molar-refractivity contribution is 9.13. The Labute approximate surface area is 165 Å². The second-order valence-corrected chi connectivity index (χ2v) is 7.28. The van der Waals surface area contributed by atoms with Crippen molar-refractivity contribution in [3.63, 3.8) is 0 Å². The van der Waals surface area contributed by atoms with Gasteiger partial charge in [-0.25, -0.2) is 8.78 Å². The molecular weight excluding hydrogens is 472 g/mol. The van der Waals surface area contributed by atoms with E-state index in [0.29, 0.717) is 16.8 Å². The number of nitrogens with one attached hydrogen (secondary N) is 1.